The monoisotopic (exact) mass is 368 g/mol. The SMILES string of the molecule is CC(C)(C)c1ccc2c(n1)nc(C(C)(C)C)n1c3cc(F)c(F)cc3nc21. The van der Waals surface area contributed by atoms with E-state index >= 15 is 0 Å². The quantitative estimate of drug-likeness (QED) is 0.423. The molecule has 27 heavy (non-hydrogen) atoms. The molecule has 0 aliphatic heterocycles. The molecule has 0 aliphatic carbocycles. The Kier molecular flexibility index (Phi) is 3.58. The Balaban J connectivity index is 2.22. The average Bonchev–Trinajstić information content (AvgIpc) is 2.90. The van der Waals surface area contributed by atoms with Crippen LogP contribution in [0, 0.1) is 11.6 Å². The molecule has 0 saturated heterocycles. The second-order valence-corrected chi connectivity index (χ2v) is 9.03. The van der Waals surface area contributed by atoms with Crippen LogP contribution in [-0.4, -0.2) is 19.4 Å². The van der Waals surface area contributed by atoms with E-state index in [1.54, 1.807) is 0 Å². The largest absolute Gasteiger partial charge is 0.279 e. The summed E-state index contributed by atoms with van der Waals surface area (Å²) in [6.07, 6.45) is 0. The van der Waals surface area contributed by atoms with Gasteiger partial charge in [0.05, 0.1) is 16.4 Å². The number of nitrogens with zero attached hydrogens (tertiary/aromatic N) is 4. The lowest BCUT2D eigenvalue weighted by Gasteiger charge is -2.22. The molecule has 0 atom stereocenters. The standard InChI is InChI=1S/C21H22F2N4/c1-20(2,3)16-8-7-11-17(25-16)26-19(21(4,5)6)27-15-10-13(23)12(22)9-14(15)24-18(11)27/h7-10H,1-6H3. The van der Waals surface area contributed by atoms with Gasteiger partial charge in [-0.15, -0.1) is 0 Å². The highest BCUT2D eigenvalue weighted by Gasteiger charge is 2.25. The van der Waals surface area contributed by atoms with E-state index in [9.17, 15) is 8.78 Å². The summed E-state index contributed by atoms with van der Waals surface area (Å²) in [6, 6.07) is 6.22. The van der Waals surface area contributed by atoms with Crippen molar-refractivity contribution in [2.75, 3.05) is 0 Å². The van der Waals surface area contributed by atoms with E-state index in [1.807, 2.05) is 37.3 Å². The van der Waals surface area contributed by atoms with Gasteiger partial charge in [0.15, 0.2) is 22.9 Å². The maximum Gasteiger partial charge on any atom is 0.165 e. The van der Waals surface area contributed by atoms with Gasteiger partial charge in [-0.1, -0.05) is 41.5 Å². The minimum Gasteiger partial charge on any atom is -0.279 e. The third-order valence-corrected chi connectivity index (χ3v) is 4.68. The van der Waals surface area contributed by atoms with Gasteiger partial charge in [0.2, 0.25) is 0 Å². The molecule has 0 radical (unpaired) electrons. The fourth-order valence-electron chi connectivity index (χ4n) is 3.25. The molecule has 3 aromatic heterocycles. The van der Waals surface area contributed by atoms with Crippen LogP contribution in [0.15, 0.2) is 24.3 Å². The average molecular weight is 368 g/mol. The van der Waals surface area contributed by atoms with Gasteiger partial charge >= 0.3 is 0 Å². The Morgan fingerprint density at radius 3 is 2.11 bits per heavy atom. The molecule has 4 rings (SSSR count). The van der Waals surface area contributed by atoms with E-state index in [1.165, 1.54) is 6.07 Å². The van der Waals surface area contributed by atoms with Gasteiger partial charge < -0.3 is 0 Å². The molecule has 4 aromatic rings. The number of fused-ring (bicyclic) bond motifs is 5. The van der Waals surface area contributed by atoms with Crippen molar-refractivity contribution in [1.29, 1.82) is 0 Å². The molecule has 140 valence electrons. The summed E-state index contributed by atoms with van der Waals surface area (Å²) in [6.45, 7) is 12.4. The van der Waals surface area contributed by atoms with Crippen LogP contribution in [0.2, 0.25) is 0 Å². The van der Waals surface area contributed by atoms with Crippen molar-refractivity contribution < 1.29 is 8.78 Å². The molecule has 3 heterocycles. The summed E-state index contributed by atoms with van der Waals surface area (Å²) < 4.78 is 29.5. The topological polar surface area (TPSA) is 43.1 Å². The van der Waals surface area contributed by atoms with Crippen molar-refractivity contribution >= 4 is 27.7 Å². The van der Waals surface area contributed by atoms with Crippen molar-refractivity contribution in [2.45, 2.75) is 52.4 Å². The molecule has 0 bridgehead atoms. The number of halogens is 2. The molecule has 0 saturated carbocycles. The summed E-state index contributed by atoms with van der Waals surface area (Å²) in [5, 5.41) is 0.757. The van der Waals surface area contributed by atoms with Crippen molar-refractivity contribution in [3.8, 4) is 0 Å². The molecule has 4 nitrogen and oxygen atoms in total. The molecule has 0 amide bonds. The summed E-state index contributed by atoms with van der Waals surface area (Å²) in [4.78, 5) is 14.2. The zero-order chi connectivity index (χ0) is 19.7. The molecule has 1 aromatic carbocycles. The third kappa shape index (κ3) is 2.74. The van der Waals surface area contributed by atoms with Crippen LogP contribution in [0.5, 0.6) is 0 Å². The number of hydrogen-bond donors (Lipinski definition) is 0. The maximum atomic E-state index is 13.9. The van der Waals surface area contributed by atoms with Crippen LogP contribution in [0.4, 0.5) is 8.78 Å². The molecule has 0 aliphatic rings. The lowest BCUT2D eigenvalue weighted by atomic mass is 9.91. The van der Waals surface area contributed by atoms with E-state index in [0.29, 0.717) is 28.2 Å². The first kappa shape index (κ1) is 17.8. The van der Waals surface area contributed by atoms with E-state index in [4.69, 9.17) is 9.97 Å². The minimum absolute atomic E-state index is 0.115. The first-order valence-electron chi connectivity index (χ1n) is 8.96. The fourth-order valence-corrected chi connectivity index (χ4v) is 3.25. The highest BCUT2D eigenvalue weighted by atomic mass is 19.2. The second kappa shape index (κ2) is 5.44. The van der Waals surface area contributed by atoms with E-state index in [-0.39, 0.29) is 10.8 Å². The van der Waals surface area contributed by atoms with Crippen LogP contribution in [0.3, 0.4) is 0 Å². The van der Waals surface area contributed by atoms with Crippen LogP contribution in [-0.2, 0) is 10.8 Å². The van der Waals surface area contributed by atoms with E-state index in [2.05, 4.69) is 25.8 Å². The fraction of sp³-hybridized carbons (Fsp3) is 0.381. The zero-order valence-corrected chi connectivity index (χ0v) is 16.4. The van der Waals surface area contributed by atoms with Gasteiger partial charge in [0.25, 0.3) is 0 Å². The molecule has 0 unspecified atom stereocenters. The maximum absolute atomic E-state index is 13.9. The number of hydrogen-bond acceptors (Lipinski definition) is 3. The number of benzene rings is 1. The van der Waals surface area contributed by atoms with Crippen molar-refractivity contribution in [1.82, 2.24) is 19.4 Å². The Morgan fingerprint density at radius 2 is 1.48 bits per heavy atom. The van der Waals surface area contributed by atoms with E-state index < -0.39 is 11.6 Å². The van der Waals surface area contributed by atoms with Crippen LogP contribution < -0.4 is 0 Å². The first-order chi connectivity index (χ1) is 12.5. The molecule has 0 N–H and O–H groups in total. The lowest BCUT2D eigenvalue weighted by Crippen LogP contribution is -2.20. The lowest BCUT2D eigenvalue weighted by molar-refractivity contribution is 0.510. The van der Waals surface area contributed by atoms with E-state index in [0.717, 1.165) is 17.1 Å². The van der Waals surface area contributed by atoms with Crippen molar-refractivity contribution in [3.05, 3.63) is 47.4 Å². The molecule has 6 heteroatoms. The Morgan fingerprint density at radius 1 is 0.815 bits per heavy atom. The van der Waals surface area contributed by atoms with Gasteiger partial charge in [-0.05, 0) is 12.1 Å². The normalized spacial score (nSPS) is 13.2. The van der Waals surface area contributed by atoms with Crippen molar-refractivity contribution in [3.63, 3.8) is 0 Å². The number of pyridine rings is 1. The van der Waals surface area contributed by atoms with Crippen LogP contribution in [0.1, 0.15) is 53.1 Å². The molecule has 0 spiro atoms. The molecular formula is C21H22F2N4. The number of imidazole rings is 1. The van der Waals surface area contributed by atoms with Crippen LogP contribution >= 0.6 is 0 Å². The highest BCUT2D eigenvalue weighted by molar-refractivity contribution is 5.95. The number of aromatic nitrogens is 4. The minimum atomic E-state index is -0.909. The van der Waals surface area contributed by atoms with Crippen molar-refractivity contribution in [2.24, 2.45) is 0 Å². The highest BCUT2D eigenvalue weighted by Crippen LogP contribution is 2.31. The molecule has 0 fully saturated rings. The van der Waals surface area contributed by atoms with Gasteiger partial charge in [0.1, 0.15) is 5.82 Å². The van der Waals surface area contributed by atoms with Gasteiger partial charge in [-0.25, -0.2) is 23.7 Å². The second-order valence-electron chi connectivity index (χ2n) is 9.03. The zero-order valence-electron chi connectivity index (χ0n) is 16.4. The summed E-state index contributed by atoms with van der Waals surface area (Å²) in [5.41, 5.74) is 2.58. The van der Waals surface area contributed by atoms with Gasteiger partial charge in [-0.2, -0.15) is 0 Å². The Bertz CT molecular complexity index is 1210. The predicted molar refractivity (Wildman–Crippen MR) is 103 cm³/mol. The first-order valence-corrected chi connectivity index (χ1v) is 8.96. The number of rotatable bonds is 0. The third-order valence-electron chi connectivity index (χ3n) is 4.68. The molecular weight excluding hydrogens is 346 g/mol. The Labute approximate surface area is 156 Å². The summed E-state index contributed by atoms with van der Waals surface area (Å²) in [5.74, 6) is -1.10. The summed E-state index contributed by atoms with van der Waals surface area (Å²) in [7, 11) is 0. The predicted octanol–water partition coefficient (Wildman–Crippen LogP) is 5.30. The van der Waals surface area contributed by atoms with Gasteiger partial charge in [-0.3, -0.25) is 4.40 Å². The Hall–Kier alpha value is -2.63. The van der Waals surface area contributed by atoms with Gasteiger partial charge in [0, 0.05) is 28.7 Å². The smallest absolute Gasteiger partial charge is 0.165 e. The van der Waals surface area contributed by atoms with Crippen LogP contribution in [0.25, 0.3) is 27.7 Å². The summed E-state index contributed by atoms with van der Waals surface area (Å²) >= 11 is 0.